The molecule has 5 rings (SSSR count). The van der Waals surface area contributed by atoms with Crippen LogP contribution >= 0.6 is 0 Å². The highest BCUT2D eigenvalue weighted by atomic mass is 19.4. The normalized spacial score (nSPS) is 15.2. The minimum Gasteiger partial charge on any atom is -0.383 e. The maximum Gasteiger partial charge on any atom is 0.435 e. The van der Waals surface area contributed by atoms with E-state index >= 15 is 0 Å². The van der Waals surface area contributed by atoms with Crippen molar-refractivity contribution in [2.75, 3.05) is 23.7 Å². The number of alkyl halides is 5. The van der Waals surface area contributed by atoms with Crippen LogP contribution in [-0.2, 0) is 19.3 Å². The Morgan fingerprint density at radius 3 is 2.61 bits per heavy atom. The molecule has 198 valence electrons. The average molecular weight is 531 g/mol. The minimum absolute atomic E-state index is 0.0202. The molecule has 0 unspecified atom stereocenters. The number of rotatable bonds is 6. The Labute approximate surface area is 213 Å². The predicted octanol–water partition coefficient (Wildman–Crippen LogP) is 4.25. The lowest BCUT2D eigenvalue weighted by Gasteiger charge is -2.17. The van der Waals surface area contributed by atoms with Gasteiger partial charge in [0.1, 0.15) is 11.6 Å². The van der Waals surface area contributed by atoms with Gasteiger partial charge in [0.15, 0.2) is 5.69 Å². The fourth-order valence-electron chi connectivity index (χ4n) is 4.37. The number of nitrogen functional groups attached to an aromatic ring is 1. The number of aromatic nitrogens is 4. The number of hydrogen-bond donors (Lipinski definition) is 2. The van der Waals surface area contributed by atoms with Crippen LogP contribution in [0, 0.1) is 0 Å². The Kier molecular flexibility index (Phi) is 6.37. The molecule has 0 atom stereocenters. The first-order chi connectivity index (χ1) is 18.0. The van der Waals surface area contributed by atoms with E-state index in [0.717, 1.165) is 21.7 Å². The highest BCUT2D eigenvalue weighted by Crippen LogP contribution is 2.32. The van der Waals surface area contributed by atoms with Crippen molar-refractivity contribution in [1.29, 1.82) is 0 Å². The fourth-order valence-corrected chi connectivity index (χ4v) is 4.37. The summed E-state index contributed by atoms with van der Waals surface area (Å²) in [6.45, 7) is -0.492. The lowest BCUT2D eigenvalue weighted by atomic mass is 10.1. The van der Waals surface area contributed by atoms with Gasteiger partial charge in [-0.2, -0.15) is 18.3 Å². The molecule has 8 nitrogen and oxygen atoms in total. The summed E-state index contributed by atoms with van der Waals surface area (Å²) in [5.41, 5.74) is 5.05. The molecule has 0 radical (unpaired) electrons. The molecule has 3 N–H and O–H groups in total. The lowest BCUT2D eigenvalue weighted by molar-refractivity contribution is -0.141. The predicted molar refractivity (Wildman–Crippen MR) is 130 cm³/mol. The molecule has 0 bridgehead atoms. The topological polar surface area (TPSA) is 102 Å². The first kappa shape index (κ1) is 25.4. The van der Waals surface area contributed by atoms with Crippen LogP contribution in [0.1, 0.15) is 33.6 Å². The van der Waals surface area contributed by atoms with Crippen molar-refractivity contribution in [3.05, 3.63) is 77.4 Å². The van der Waals surface area contributed by atoms with Crippen LogP contribution in [0.5, 0.6) is 0 Å². The van der Waals surface area contributed by atoms with Crippen LogP contribution in [0.3, 0.4) is 0 Å². The molecule has 13 heteroatoms. The first-order valence-corrected chi connectivity index (χ1v) is 11.6. The number of hydrogen-bond acceptors (Lipinski definition) is 6. The monoisotopic (exact) mass is 531 g/mol. The quantitative estimate of drug-likeness (QED) is 0.361. The van der Waals surface area contributed by atoms with E-state index in [4.69, 9.17) is 5.73 Å². The smallest absolute Gasteiger partial charge is 0.383 e. The summed E-state index contributed by atoms with van der Waals surface area (Å²) >= 11 is 0. The van der Waals surface area contributed by atoms with E-state index in [0.29, 0.717) is 22.8 Å². The highest BCUT2D eigenvalue weighted by molar-refractivity contribution is 5.95. The molecule has 38 heavy (non-hydrogen) atoms. The minimum atomic E-state index is -4.87. The zero-order valence-electron chi connectivity index (χ0n) is 19.8. The van der Waals surface area contributed by atoms with Crippen LogP contribution in [0.15, 0.2) is 55.0 Å². The molecule has 3 aromatic heterocycles. The third-order valence-corrected chi connectivity index (χ3v) is 6.24. The standard InChI is InChI=1S/C25H22F5N7O/c26-24(27)5-8-36(14-24)20-10-16(3-6-32-20)12-37-13-19(21(35-37)25(28,29)30)23(38)34-11-15-1-2-18-17(9-15)4-7-33-22(18)31/h1-4,6-7,9-10,13H,5,8,11-12,14H2,(H2,31,33)(H,34,38). The zero-order valence-corrected chi connectivity index (χ0v) is 19.8. The van der Waals surface area contributed by atoms with Crippen LogP contribution in [-0.4, -0.2) is 44.7 Å². The van der Waals surface area contributed by atoms with Gasteiger partial charge in [0.05, 0.1) is 18.7 Å². The second-order valence-corrected chi connectivity index (χ2v) is 9.07. The van der Waals surface area contributed by atoms with E-state index in [9.17, 15) is 26.7 Å². The SMILES string of the molecule is Nc1nccc2cc(CNC(=O)c3cn(Cc4ccnc(N5CCC(F)(F)C5)c4)nc3C(F)(F)F)ccc12. The van der Waals surface area contributed by atoms with Crippen LogP contribution < -0.4 is 16.0 Å². The number of anilines is 2. The van der Waals surface area contributed by atoms with Gasteiger partial charge in [0, 0.05) is 43.5 Å². The maximum atomic E-state index is 13.7. The molecule has 4 aromatic rings. The Balaban J connectivity index is 1.33. The average Bonchev–Trinajstić information content (AvgIpc) is 3.46. The molecule has 1 fully saturated rings. The molecule has 1 saturated heterocycles. The van der Waals surface area contributed by atoms with Crippen molar-refractivity contribution < 1.29 is 26.7 Å². The zero-order chi connectivity index (χ0) is 27.1. The van der Waals surface area contributed by atoms with Gasteiger partial charge >= 0.3 is 6.18 Å². The van der Waals surface area contributed by atoms with Crippen molar-refractivity contribution in [2.24, 2.45) is 0 Å². The summed E-state index contributed by atoms with van der Waals surface area (Å²) in [5.74, 6) is -3.11. The van der Waals surface area contributed by atoms with Gasteiger partial charge in [0.25, 0.3) is 11.8 Å². The number of carbonyl (C=O) groups excluding carboxylic acids is 1. The molecule has 1 aliphatic rings. The summed E-state index contributed by atoms with van der Waals surface area (Å²) in [6.07, 6.45) is -1.20. The van der Waals surface area contributed by atoms with Crippen molar-refractivity contribution in [2.45, 2.75) is 31.6 Å². The molecule has 1 aliphatic heterocycles. The third kappa shape index (κ3) is 5.36. The number of pyridine rings is 2. The Morgan fingerprint density at radius 1 is 1.08 bits per heavy atom. The van der Waals surface area contributed by atoms with Crippen LogP contribution in [0.2, 0.25) is 0 Å². The largest absolute Gasteiger partial charge is 0.435 e. The number of fused-ring (bicyclic) bond motifs is 1. The number of nitrogens with one attached hydrogen (secondary N) is 1. The molecule has 4 heterocycles. The van der Waals surface area contributed by atoms with Gasteiger partial charge < -0.3 is 16.0 Å². The third-order valence-electron chi connectivity index (χ3n) is 6.24. The van der Waals surface area contributed by atoms with Crippen molar-refractivity contribution >= 4 is 28.3 Å². The van der Waals surface area contributed by atoms with E-state index in [-0.39, 0.29) is 26.1 Å². The van der Waals surface area contributed by atoms with E-state index in [1.807, 2.05) is 0 Å². The Morgan fingerprint density at radius 2 is 1.87 bits per heavy atom. The first-order valence-electron chi connectivity index (χ1n) is 11.6. The number of nitrogens with two attached hydrogens (primary N) is 1. The van der Waals surface area contributed by atoms with Crippen molar-refractivity contribution in [1.82, 2.24) is 25.1 Å². The molecular weight excluding hydrogens is 509 g/mol. The number of benzene rings is 1. The Hall–Kier alpha value is -4.29. The van der Waals surface area contributed by atoms with Gasteiger partial charge in [-0.3, -0.25) is 9.48 Å². The summed E-state index contributed by atoms with van der Waals surface area (Å²) < 4.78 is 69.3. The maximum absolute atomic E-state index is 13.7. The molecule has 0 spiro atoms. The van der Waals surface area contributed by atoms with Crippen molar-refractivity contribution in [3.63, 3.8) is 0 Å². The highest BCUT2D eigenvalue weighted by Gasteiger charge is 2.40. The summed E-state index contributed by atoms with van der Waals surface area (Å²) in [7, 11) is 0. The van der Waals surface area contributed by atoms with E-state index in [1.165, 1.54) is 23.4 Å². The molecule has 0 saturated carbocycles. The second-order valence-electron chi connectivity index (χ2n) is 9.07. The van der Waals surface area contributed by atoms with Gasteiger partial charge in [-0.1, -0.05) is 12.1 Å². The van der Waals surface area contributed by atoms with Gasteiger partial charge in [-0.15, -0.1) is 0 Å². The number of carbonyl (C=O) groups is 1. The summed E-state index contributed by atoms with van der Waals surface area (Å²) in [5, 5.41) is 7.62. The Bertz CT molecular complexity index is 1500. The van der Waals surface area contributed by atoms with Crippen LogP contribution in [0.25, 0.3) is 10.8 Å². The molecule has 0 aliphatic carbocycles. The molecule has 1 aromatic carbocycles. The van der Waals surface area contributed by atoms with Gasteiger partial charge in [-0.05, 0) is 40.8 Å². The second kappa shape index (κ2) is 9.54. The fraction of sp³-hybridized carbons (Fsp3) is 0.280. The molecular formula is C25H22F5N7O. The van der Waals surface area contributed by atoms with E-state index < -0.39 is 35.8 Å². The number of halogens is 5. The van der Waals surface area contributed by atoms with E-state index in [1.54, 1.807) is 30.3 Å². The van der Waals surface area contributed by atoms with Gasteiger partial charge in [-0.25, -0.2) is 18.7 Å². The number of nitrogens with zero attached hydrogens (tertiary/aromatic N) is 5. The van der Waals surface area contributed by atoms with Crippen LogP contribution in [0.4, 0.5) is 33.6 Å². The van der Waals surface area contributed by atoms with E-state index in [2.05, 4.69) is 20.4 Å². The number of amides is 1. The molecule has 1 amide bonds. The lowest BCUT2D eigenvalue weighted by Crippen LogP contribution is -2.25. The van der Waals surface area contributed by atoms with Crippen molar-refractivity contribution in [3.8, 4) is 0 Å². The van der Waals surface area contributed by atoms with Gasteiger partial charge in [0.2, 0.25) is 0 Å². The summed E-state index contributed by atoms with van der Waals surface area (Å²) in [4.78, 5) is 22.3. The summed E-state index contributed by atoms with van der Waals surface area (Å²) in [6, 6.07) is 10.0.